The van der Waals surface area contributed by atoms with Gasteiger partial charge in [-0.05, 0) is 30.8 Å². The highest BCUT2D eigenvalue weighted by molar-refractivity contribution is 6.03. The number of nitrogens with zero attached hydrogens (tertiary/aromatic N) is 2. The average Bonchev–Trinajstić information content (AvgIpc) is 2.62. The number of likely N-dealkylation sites (N-methyl/N-ethyl adjacent to an activating group) is 1. The SMILES string of the molecule is CN1CCN(c2ccccc2NC(=O)C=Cc2ccccc2)CC1. The molecule has 1 heterocycles. The first-order valence-electron chi connectivity index (χ1n) is 8.29. The quantitative estimate of drug-likeness (QED) is 0.879. The smallest absolute Gasteiger partial charge is 0.248 e. The second-order valence-corrected chi connectivity index (χ2v) is 6.04. The number of hydrogen-bond donors (Lipinski definition) is 1. The van der Waals surface area contributed by atoms with Crippen molar-refractivity contribution in [2.24, 2.45) is 0 Å². The number of carbonyl (C=O) groups excluding carboxylic acids is 1. The van der Waals surface area contributed by atoms with Gasteiger partial charge in [0, 0.05) is 32.3 Å². The molecule has 0 aliphatic carbocycles. The molecule has 124 valence electrons. The number of para-hydroxylation sites is 2. The molecular formula is C20H23N3O. The van der Waals surface area contributed by atoms with E-state index < -0.39 is 0 Å². The first-order chi connectivity index (χ1) is 11.7. The van der Waals surface area contributed by atoms with E-state index in [1.807, 2.05) is 54.6 Å². The lowest BCUT2D eigenvalue weighted by atomic mass is 10.2. The molecule has 2 aromatic carbocycles. The highest BCUT2D eigenvalue weighted by atomic mass is 16.1. The molecule has 1 N–H and O–H groups in total. The van der Waals surface area contributed by atoms with Gasteiger partial charge in [-0.3, -0.25) is 4.79 Å². The number of anilines is 2. The molecule has 1 fully saturated rings. The number of hydrogen-bond acceptors (Lipinski definition) is 3. The van der Waals surface area contributed by atoms with Crippen molar-refractivity contribution in [1.82, 2.24) is 4.90 Å². The van der Waals surface area contributed by atoms with E-state index in [0.29, 0.717) is 0 Å². The largest absolute Gasteiger partial charge is 0.367 e. The number of benzene rings is 2. The van der Waals surface area contributed by atoms with Crippen LogP contribution in [0.15, 0.2) is 60.7 Å². The van der Waals surface area contributed by atoms with Crippen LogP contribution in [0.5, 0.6) is 0 Å². The Morgan fingerprint density at radius 3 is 2.38 bits per heavy atom. The Hall–Kier alpha value is -2.59. The third-order valence-electron chi connectivity index (χ3n) is 4.23. The van der Waals surface area contributed by atoms with Crippen LogP contribution in [0.25, 0.3) is 6.08 Å². The molecule has 3 rings (SSSR count). The summed E-state index contributed by atoms with van der Waals surface area (Å²) in [6, 6.07) is 17.8. The van der Waals surface area contributed by atoms with Crippen molar-refractivity contribution >= 4 is 23.4 Å². The van der Waals surface area contributed by atoms with Gasteiger partial charge in [-0.1, -0.05) is 42.5 Å². The summed E-state index contributed by atoms with van der Waals surface area (Å²) >= 11 is 0. The standard InChI is InChI=1S/C20H23N3O/c1-22-13-15-23(16-14-22)19-10-6-5-9-18(19)21-20(24)12-11-17-7-3-2-4-8-17/h2-12H,13-16H2,1H3,(H,21,24). The van der Waals surface area contributed by atoms with Crippen LogP contribution in [0.2, 0.25) is 0 Å². The Kier molecular flexibility index (Phi) is 5.29. The number of piperazine rings is 1. The zero-order valence-corrected chi connectivity index (χ0v) is 14.0. The monoisotopic (exact) mass is 321 g/mol. The van der Waals surface area contributed by atoms with Crippen molar-refractivity contribution in [1.29, 1.82) is 0 Å². The lowest BCUT2D eigenvalue weighted by Gasteiger charge is -2.35. The van der Waals surface area contributed by atoms with Gasteiger partial charge in [0.1, 0.15) is 0 Å². The average molecular weight is 321 g/mol. The van der Waals surface area contributed by atoms with Gasteiger partial charge in [-0.15, -0.1) is 0 Å². The molecule has 0 bridgehead atoms. The van der Waals surface area contributed by atoms with E-state index in [0.717, 1.165) is 43.1 Å². The molecule has 1 aliphatic heterocycles. The predicted octanol–water partition coefficient (Wildman–Crippen LogP) is 3.09. The van der Waals surface area contributed by atoms with Crippen molar-refractivity contribution in [3.8, 4) is 0 Å². The molecule has 0 unspecified atom stereocenters. The van der Waals surface area contributed by atoms with Crippen LogP contribution in [-0.4, -0.2) is 44.0 Å². The summed E-state index contributed by atoms with van der Waals surface area (Å²) in [4.78, 5) is 16.9. The molecule has 2 aromatic rings. The minimum Gasteiger partial charge on any atom is -0.367 e. The molecule has 0 atom stereocenters. The molecule has 0 radical (unpaired) electrons. The van der Waals surface area contributed by atoms with Gasteiger partial charge in [0.05, 0.1) is 11.4 Å². The normalized spacial score (nSPS) is 15.6. The van der Waals surface area contributed by atoms with Crippen LogP contribution in [-0.2, 0) is 4.79 Å². The molecule has 4 nitrogen and oxygen atoms in total. The van der Waals surface area contributed by atoms with Gasteiger partial charge in [-0.25, -0.2) is 0 Å². The van der Waals surface area contributed by atoms with Crippen molar-refractivity contribution < 1.29 is 4.79 Å². The fourth-order valence-electron chi connectivity index (χ4n) is 2.81. The maximum absolute atomic E-state index is 12.2. The van der Waals surface area contributed by atoms with Crippen molar-refractivity contribution in [3.05, 3.63) is 66.2 Å². The molecule has 4 heteroatoms. The fraction of sp³-hybridized carbons (Fsp3) is 0.250. The Labute approximate surface area is 143 Å². The zero-order chi connectivity index (χ0) is 16.8. The van der Waals surface area contributed by atoms with Crippen LogP contribution < -0.4 is 10.2 Å². The lowest BCUT2D eigenvalue weighted by molar-refractivity contribution is -0.111. The van der Waals surface area contributed by atoms with E-state index in [2.05, 4.69) is 28.2 Å². The van der Waals surface area contributed by atoms with Gasteiger partial charge < -0.3 is 15.1 Å². The van der Waals surface area contributed by atoms with E-state index in [-0.39, 0.29) is 5.91 Å². The van der Waals surface area contributed by atoms with Crippen molar-refractivity contribution in [2.75, 3.05) is 43.4 Å². The van der Waals surface area contributed by atoms with Crippen molar-refractivity contribution in [2.45, 2.75) is 0 Å². The Morgan fingerprint density at radius 2 is 1.62 bits per heavy atom. The first kappa shape index (κ1) is 16.3. The van der Waals surface area contributed by atoms with Crippen LogP contribution in [0.4, 0.5) is 11.4 Å². The molecule has 0 spiro atoms. The van der Waals surface area contributed by atoms with Crippen LogP contribution in [0, 0.1) is 0 Å². The van der Waals surface area contributed by atoms with Gasteiger partial charge >= 0.3 is 0 Å². The van der Waals surface area contributed by atoms with E-state index in [9.17, 15) is 4.79 Å². The highest BCUT2D eigenvalue weighted by Gasteiger charge is 2.17. The summed E-state index contributed by atoms with van der Waals surface area (Å²) in [7, 11) is 2.14. The topological polar surface area (TPSA) is 35.6 Å². The summed E-state index contributed by atoms with van der Waals surface area (Å²) in [5.74, 6) is -0.111. The fourth-order valence-corrected chi connectivity index (χ4v) is 2.81. The molecule has 24 heavy (non-hydrogen) atoms. The van der Waals surface area contributed by atoms with Crippen LogP contribution in [0.1, 0.15) is 5.56 Å². The molecule has 1 aliphatic rings. The molecule has 0 aromatic heterocycles. The van der Waals surface area contributed by atoms with Crippen molar-refractivity contribution in [3.63, 3.8) is 0 Å². The minimum absolute atomic E-state index is 0.111. The van der Waals surface area contributed by atoms with E-state index >= 15 is 0 Å². The summed E-state index contributed by atoms with van der Waals surface area (Å²) in [6.07, 6.45) is 3.41. The van der Waals surface area contributed by atoms with E-state index in [1.165, 1.54) is 0 Å². The Bertz CT molecular complexity index is 704. The molecule has 1 saturated heterocycles. The predicted molar refractivity (Wildman–Crippen MR) is 100 cm³/mol. The maximum Gasteiger partial charge on any atom is 0.248 e. The molecule has 0 saturated carbocycles. The number of nitrogens with one attached hydrogen (secondary N) is 1. The highest BCUT2D eigenvalue weighted by Crippen LogP contribution is 2.26. The summed E-state index contributed by atoms with van der Waals surface area (Å²) in [6.45, 7) is 4.03. The first-order valence-corrected chi connectivity index (χ1v) is 8.29. The molecular weight excluding hydrogens is 298 g/mol. The second kappa shape index (κ2) is 7.79. The van der Waals surface area contributed by atoms with Gasteiger partial charge in [0.15, 0.2) is 0 Å². The minimum atomic E-state index is -0.111. The summed E-state index contributed by atoms with van der Waals surface area (Å²) < 4.78 is 0. The zero-order valence-electron chi connectivity index (χ0n) is 14.0. The summed E-state index contributed by atoms with van der Waals surface area (Å²) in [5, 5.41) is 3.01. The van der Waals surface area contributed by atoms with E-state index in [4.69, 9.17) is 0 Å². The van der Waals surface area contributed by atoms with Gasteiger partial charge in [0.2, 0.25) is 5.91 Å². The summed E-state index contributed by atoms with van der Waals surface area (Å²) in [5.41, 5.74) is 2.97. The number of rotatable bonds is 4. The number of amides is 1. The lowest BCUT2D eigenvalue weighted by Crippen LogP contribution is -2.44. The van der Waals surface area contributed by atoms with E-state index in [1.54, 1.807) is 6.08 Å². The third-order valence-corrected chi connectivity index (χ3v) is 4.23. The van der Waals surface area contributed by atoms with Gasteiger partial charge in [0.25, 0.3) is 0 Å². The third kappa shape index (κ3) is 4.24. The Balaban J connectivity index is 1.69. The maximum atomic E-state index is 12.2. The molecule has 1 amide bonds. The second-order valence-electron chi connectivity index (χ2n) is 6.04. The van der Waals surface area contributed by atoms with Gasteiger partial charge in [-0.2, -0.15) is 0 Å². The van der Waals surface area contributed by atoms with Crippen LogP contribution in [0.3, 0.4) is 0 Å². The van der Waals surface area contributed by atoms with Crippen LogP contribution >= 0.6 is 0 Å². The Morgan fingerprint density at radius 1 is 0.958 bits per heavy atom. The number of carbonyl (C=O) groups is 1.